The number of likely N-dealkylation sites (tertiary alicyclic amines) is 1. The lowest BCUT2D eigenvalue weighted by Crippen LogP contribution is -2.46. The van der Waals surface area contributed by atoms with Gasteiger partial charge in [-0.25, -0.2) is 0 Å². The van der Waals surface area contributed by atoms with E-state index < -0.39 is 0 Å². The van der Waals surface area contributed by atoms with Crippen molar-refractivity contribution in [1.82, 2.24) is 10.2 Å². The Hall–Kier alpha value is -0.120. The highest BCUT2D eigenvalue weighted by Crippen LogP contribution is 2.19. The molecule has 0 saturated carbocycles. The number of aliphatic hydroxyl groups is 1. The van der Waals surface area contributed by atoms with Crippen LogP contribution in [0.15, 0.2) is 0 Å². The molecule has 1 saturated heterocycles. The Balaban J connectivity index is 2.23. The normalized spacial score (nSPS) is 24.9. The molecule has 1 rings (SSSR count). The second kappa shape index (κ2) is 6.72. The van der Waals surface area contributed by atoms with Gasteiger partial charge >= 0.3 is 0 Å². The fourth-order valence-corrected chi connectivity index (χ4v) is 2.44. The van der Waals surface area contributed by atoms with Gasteiger partial charge in [-0.2, -0.15) is 0 Å². The number of hydrogen-bond donors (Lipinski definition) is 2. The van der Waals surface area contributed by atoms with Crippen molar-refractivity contribution in [1.29, 1.82) is 0 Å². The molecule has 1 aliphatic heterocycles. The monoisotopic (exact) mass is 242 g/mol. The molecule has 1 aliphatic rings. The Morgan fingerprint density at radius 2 is 2.12 bits per heavy atom. The number of rotatable bonds is 5. The van der Waals surface area contributed by atoms with Gasteiger partial charge in [0.1, 0.15) is 0 Å². The van der Waals surface area contributed by atoms with Crippen molar-refractivity contribution in [2.75, 3.05) is 26.2 Å². The van der Waals surface area contributed by atoms with Gasteiger partial charge < -0.3 is 15.3 Å². The molecule has 0 aromatic heterocycles. The molecular weight excluding hydrogens is 212 g/mol. The van der Waals surface area contributed by atoms with Crippen LogP contribution in [0.5, 0.6) is 0 Å². The van der Waals surface area contributed by atoms with Crippen LogP contribution in [-0.4, -0.2) is 47.8 Å². The summed E-state index contributed by atoms with van der Waals surface area (Å²) < 4.78 is 0. The minimum Gasteiger partial charge on any atom is -0.390 e. The molecule has 1 heterocycles. The summed E-state index contributed by atoms with van der Waals surface area (Å²) in [4.78, 5) is 2.42. The van der Waals surface area contributed by atoms with Crippen molar-refractivity contribution in [2.24, 2.45) is 5.92 Å². The van der Waals surface area contributed by atoms with E-state index in [0.29, 0.717) is 6.54 Å². The first-order valence-electron chi connectivity index (χ1n) is 7.06. The molecule has 2 N–H and O–H groups in total. The molecule has 0 aromatic carbocycles. The van der Waals surface area contributed by atoms with Gasteiger partial charge in [0.25, 0.3) is 0 Å². The molecule has 102 valence electrons. The van der Waals surface area contributed by atoms with Gasteiger partial charge in [0.2, 0.25) is 0 Å². The van der Waals surface area contributed by atoms with E-state index in [4.69, 9.17) is 0 Å². The molecule has 0 aromatic rings. The number of nitrogens with zero attached hydrogens (tertiary/aromatic N) is 1. The smallest absolute Gasteiger partial charge is 0.0791 e. The molecule has 0 aliphatic carbocycles. The summed E-state index contributed by atoms with van der Waals surface area (Å²) in [7, 11) is 0. The van der Waals surface area contributed by atoms with E-state index in [-0.39, 0.29) is 11.6 Å². The SMILES string of the molecule is CCC1CCCN(CC(O)CNC(C)(C)C)C1. The average molecular weight is 242 g/mol. The summed E-state index contributed by atoms with van der Waals surface area (Å²) in [5.41, 5.74) is 0.0921. The van der Waals surface area contributed by atoms with Gasteiger partial charge in [0.05, 0.1) is 6.10 Å². The van der Waals surface area contributed by atoms with Gasteiger partial charge in [0.15, 0.2) is 0 Å². The summed E-state index contributed by atoms with van der Waals surface area (Å²) in [6.07, 6.45) is 3.68. The highest BCUT2D eigenvalue weighted by atomic mass is 16.3. The first-order valence-corrected chi connectivity index (χ1v) is 7.06. The minimum absolute atomic E-state index is 0.0921. The van der Waals surface area contributed by atoms with Crippen molar-refractivity contribution in [3.63, 3.8) is 0 Å². The van der Waals surface area contributed by atoms with Crippen molar-refractivity contribution < 1.29 is 5.11 Å². The van der Waals surface area contributed by atoms with Gasteiger partial charge in [-0.15, -0.1) is 0 Å². The first-order chi connectivity index (χ1) is 7.90. The van der Waals surface area contributed by atoms with E-state index in [1.54, 1.807) is 0 Å². The van der Waals surface area contributed by atoms with Gasteiger partial charge in [0, 0.05) is 25.2 Å². The van der Waals surface area contributed by atoms with Crippen LogP contribution >= 0.6 is 0 Å². The van der Waals surface area contributed by atoms with Gasteiger partial charge in [-0.1, -0.05) is 13.3 Å². The topological polar surface area (TPSA) is 35.5 Å². The summed E-state index contributed by atoms with van der Waals surface area (Å²) in [5.74, 6) is 0.839. The summed E-state index contributed by atoms with van der Waals surface area (Å²) >= 11 is 0. The van der Waals surface area contributed by atoms with Crippen molar-refractivity contribution in [3.05, 3.63) is 0 Å². The highest BCUT2D eigenvalue weighted by Gasteiger charge is 2.21. The third-order valence-corrected chi connectivity index (χ3v) is 3.52. The van der Waals surface area contributed by atoms with E-state index in [0.717, 1.165) is 19.0 Å². The second-order valence-electron chi connectivity index (χ2n) is 6.46. The van der Waals surface area contributed by atoms with Crippen molar-refractivity contribution in [2.45, 2.75) is 58.6 Å². The van der Waals surface area contributed by atoms with Gasteiger partial charge in [-0.3, -0.25) is 0 Å². The molecule has 3 heteroatoms. The van der Waals surface area contributed by atoms with E-state index in [1.807, 2.05) is 0 Å². The predicted octanol–water partition coefficient (Wildman–Crippen LogP) is 1.86. The fourth-order valence-electron chi connectivity index (χ4n) is 2.44. The van der Waals surface area contributed by atoms with Crippen LogP contribution < -0.4 is 5.32 Å². The summed E-state index contributed by atoms with van der Waals surface area (Å²) in [6, 6.07) is 0. The second-order valence-corrected chi connectivity index (χ2v) is 6.46. The van der Waals surface area contributed by atoms with E-state index in [2.05, 4.69) is 37.9 Å². The zero-order chi connectivity index (χ0) is 12.9. The molecule has 0 spiro atoms. The van der Waals surface area contributed by atoms with Crippen LogP contribution in [0.3, 0.4) is 0 Å². The zero-order valence-corrected chi connectivity index (χ0v) is 12.0. The van der Waals surface area contributed by atoms with Crippen LogP contribution in [0.1, 0.15) is 47.0 Å². The lowest BCUT2D eigenvalue weighted by molar-refractivity contribution is 0.0792. The minimum atomic E-state index is -0.246. The van der Waals surface area contributed by atoms with E-state index >= 15 is 0 Å². The Bertz CT molecular complexity index is 213. The number of β-amino-alcohol motifs (C(OH)–C–C–N with tert-alkyl or cyclic N) is 1. The lowest BCUT2D eigenvalue weighted by Gasteiger charge is -2.34. The number of aliphatic hydroxyl groups excluding tert-OH is 1. The molecule has 17 heavy (non-hydrogen) atoms. The van der Waals surface area contributed by atoms with Crippen LogP contribution in [0.4, 0.5) is 0 Å². The average Bonchev–Trinajstić information content (AvgIpc) is 2.26. The Kier molecular flexibility index (Phi) is 5.90. The Labute approximate surface area is 107 Å². The van der Waals surface area contributed by atoms with Crippen LogP contribution in [0.25, 0.3) is 0 Å². The highest BCUT2D eigenvalue weighted by molar-refractivity contribution is 4.77. The third kappa shape index (κ3) is 6.39. The molecular formula is C14H30N2O. The maximum absolute atomic E-state index is 10.0. The molecule has 0 radical (unpaired) electrons. The molecule has 2 unspecified atom stereocenters. The van der Waals surface area contributed by atoms with Crippen LogP contribution in [-0.2, 0) is 0 Å². The standard InChI is InChI=1S/C14H30N2O/c1-5-12-7-6-8-16(10-12)11-13(17)9-15-14(2,3)4/h12-13,15,17H,5-11H2,1-4H3. The summed E-state index contributed by atoms with van der Waals surface area (Å²) in [6.45, 7) is 12.5. The van der Waals surface area contributed by atoms with Crippen molar-refractivity contribution in [3.8, 4) is 0 Å². The number of hydrogen-bond acceptors (Lipinski definition) is 3. The quantitative estimate of drug-likeness (QED) is 0.772. The van der Waals surface area contributed by atoms with Crippen LogP contribution in [0.2, 0.25) is 0 Å². The van der Waals surface area contributed by atoms with E-state index in [9.17, 15) is 5.11 Å². The van der Waals surface area contributed by atoms with E-state index in [1.165, 1.54) is 25.8 Å². The fraction of sp³-hybridized carbons (Fsp3) is 1.00. The predicted molar refractivity (Wildman–Crippen MR) is 73.2 cm³/mol. The molecule has 0 amide bonds. The lowest BCUT2D eigenvalue weighted by atomic mass is 9.95. The van der Waals surface area contributed by atoms with Gasteiger partial charge in [-0.05, 0) is 46.1 Å². The maximum Gasteiger partial charge on any atom is 0.0791 e. The molecule has 3 nitrogen and oxygen atoms in total. The Morgan fingerprint density at radius 1 is 1.41 bits per heavy atom. The number of nitrogens with one attached hydrogen (secondary N) is 1. The third-order valence-electron chi connectivity index (χ3n) is 3.52. The maximum atomic E-state index is 10.0. The molecule has 1 fully saturated rings. The number of piperidine rings is 1. The molecule has 0 bridgehead atoms. The molecule has 2 atom stereocenters. The first kappa shape index (κ1) is 14.9. The largest absolute Gasteiger partial charge is 0.390 e. The zero-order valence-electron chi connectivity index (χ0n) is 12.0. The summed E-state index contributed by atoms with van der Waals surface area (Å²) in [5, 5.41) is 13.4. The Morgan fingerprint density at radius 3 is 2.71 bits per heavy atom. The van der Waals surface area contributed by atoms with Crippen LogP contribution in [0, 0.1) is 5.92 Å². The van der Waals surface area contributed by atoms with Crippen molar-refractivity contribution >= 4 is 0 Å².